The van der Waals surface area contributed by atoms with Crippen molar-refractivity contribution < 1.29 is 4.79 Å². The maximum atomic E-state index is 12.8. The van der Waals surface area contributed by atoms with Crippen molar-refractivity contribution in [2.24, 2.45) is 0 Å². The minimum Gasteiger partial charge on any atom is -0.383 e. The van der Waals surface area contributed by atoms with Crippen LogP contribution < -0.4 is 5.73 Å². The molecule has 3 aromatic heterocycles. The van der Waals surface area contributed by atoms with Gasteiger partial charge >= 0.3 is 0 Å². The second-order valence-electron chi connectivity index (χ2n) is 9.21. The van der Waals surface area contributed by atoms with E-state index in [1.165, 1.54) is 0 Å². The van der Waals surface area contributed by atoms with Crippen LogP contribution in [-0.2, 0) is 6.54 Å². The number of nitrogens with two attached hydrogens (primary N) is 1. The lowest BCUT2D eigenvalue weighted by molar-refractivity contribution is 0.0627. The summed E-state index contributed by atoms with van der Waals surface area (Å²) in [4.78, 5) is 26.7. The number of fused-ring (bicyclic) bond motifs is 2. The van der Waals surface area contributed by atoms with E-state index in [4.69, 9.17) is 10.7 Å². The fraction of sp³-hybridized carbons (Fsp3) is 0.172. The summed E-state index contributed by atoms with van der Waals surface area (Å²) in [6, 6.07) is 19.6. The standard InChI is InChI=1S/C29H27N7O/c1-2-23-26(19-34-12-14-35(15-13-34)29(37)20-8-4-3-5-9-20)33-28-24(18-32-36(28)27(23)30)22-16-21-10-6-7-11-25(21)31-17-22/h2-11,16-18H,1,12-15,19,30H2. The second kappa shape index (κ2) is 9.48. The van der Waals surface area contributed by atoms with Gasteiger partial charge in [0.05, 0.1) is 17.4 Å². The summed E-state index contributed by atoms with van der Waals surface area (Å²) in [6.45, 7) is 7.41. The Balaban J connectivity index is 1.27. The summed E-state index contributed by atoms with van der Waals surface area (Å²) in [5, 5.41) is 5.58. The molecule has 1 saturated heterocycles. The largest absolute Gasteiger partial charge is 0.383 e. The highest BCUT2D eigenvalue weighted by atomic mass is 16.2. The van der Waals surface area contributed by atoms with Crippen LogP contribution >= 0.6 is 0 Å². The average molecular weight is 490 g/mol. The lowest BCUT2D eigenvalue weighted by Gasteiger charge is -2.34. The Morgan fingerprint density at radius 2 is 1.76 bits per heavy atom. The summed E-state index contributed by atoms with van der Waals surface area (Å²) in [6.07, 6.45) is 5.38. The summed E-state index contributed by atoms with van der Waals surface area (Å²) < 4.78 is 1.67. The molecule has 6 rings (SSSR count). The van der Waals surface area contributed by atoms with Gasteiger partial charge in [-0.25, -0.2) is 4.98 Å². The van der Waals surface area contributed by atoms with E-state index in [2.05, 4.69) is 27.6 Å². The summed E-state index contributed by atoms with van der Waals surface area (Å²) in [7, 11) is 0. The van der Waals surface area contributed by atoms with E-state index < -0.39 is 0 Å². The van der Waals surface area contributed by atoms with Crippen LogP contribution in [0.1, 0.15) is 21.6 Å². The van der Waals surface area contributed by atoms with Crippen molar-refractivity contribution in [1.29, 1.82) is 0 Å². The summed E-state index contributed by atoms with van der Waals surface area (Å²) in [5.41, 5.74) is 12.3. The number of nitrogen functional groups attached to an aromatic ring is 1. The van der Waals surface area contributed by atoms with Gasteiger partial charge in [0.2, 0.25) is 0 Å². The van der Waals surface area contributed by atoms with Crippen LogP contribution in [0.4, 0.5) is 5.82 Å². The Morgan fingerprint density at radius 1 is 1.00 bits per heavy atom. The van der Waals surface area contributed by atoms with Crippen LogP contribution in [0.25, 0.3) is 33.8 Å². The van der Waals surface area contributed by atoms with Crippen LogP contribution in [0.15, 0.2) is 79.6 Å². The maximum absolute atomic E-state index is 12.8. The first-order chi connectivity index (χ1) is 18.1. The highest BCUT2D eigenvalue weighted by Gasteiger charge is 2.24. The number of hydrogen-bond acceptors (Lipinski definition) is 6. The normalized spacial score (nSPS) is 14.3. The van der Waals surface area contributed by atoms with E-state index in [1.807, 2.05) is 65.7 Å². The number of amides is 1. The Kier molecular flexibility index (Phi) is 5.86. The molecule has 0 spiro atoms. The molecule has 1 amide bonds. The first-order valence-electron chi connectivity index (χ1n) is 12.3. The molecule has 2 N–H and O–H groups in total. The zero-order valence-corrected chi connectivity index (χ0v) is 20.4. The van der Waals surface area contributed by atoms with E-state index in [1.54, 1.807) is 16.8 Å². The van der Waals surface area contributed by atoms with Gasteiger partial charge in [-0.15, -0.1) is 0 Å². The molecule has 4 heterocycles. The van der Waals surface area contributed by atoms with Gasteiger partial charge in [0, 0.05) is 66.6 Å². The lowest BCUT2D eigenvalue weighted by Crippen LogP contribution is -2.48. The van der Waals surface area contributed by atoms with Gasteiger partial charge in [0.25, 0.3) is 5.91 Å². The van der Waals surface area contributed by atoms with E-state index >= 15 is 0 Å². The number of benzene rings is 2. The van der Waals surface area contributed by atoms with Crippen molar-refractivity contribution >= 4 is 34.4 Å². The highest BCUT2D eigenvalue weighted by molar-refractivity contribution is 5.94. The molecular weight excluding hydrogens is 462 g/mol. The van der Waals surface area contributed by atoms with E-state index in [0.717, 1.165) is 51.9 Å². The molecule has 1 fully saturated rings. The zero-order chi connectivity index (χ0) is 25.4. The molecule has 0 atom stereocenters. The molecule has 0 bridgehead atoms. The third kappa shape index (κ3) is 4.21. The number of pyridine rings is 1. The first-order valence-corrected chi connectivity index (χ1v) is 12.3. The Labute approximate surface area is 214 Å². The van der Waals surface area contributed by atoms with Gasteiger partial charge in [-0.2, -0.15) is 9.61 Å². The molecule has 0 aliphatic carbocycles. The smallest absolute Gasteiger partial charge is 0.253 e. The van der Waals surface area contributed by atoms with Crippen molar-refractivity contribution in [3.8, 4) is 11.1 Å². The average Bonchev–Trinajstić information content (AvgIpc) is 3.38. The van der Waals surface area contributed by atoms with Crippen molar-refractivity contribution in [3.63, 3.8) is 0 Å². The van der Waals surface area contributed by atoms with Gasteiger partial charge in [-0.05, 0) is 24.3 Å². The number of aromatic nitrogens is 4. The van der Waals surface area contributed by atoms with Gasteiger partial charge < -0.3 is 10.6 Å². The Bertz CT molecular complexity index is 1620. The van der Waals surface area contributed by atoms with Crippen LogP contribution in [0.2, 0.25) is 0 Å². The third-order valence-electron chi connectivity index (χ3n) is 6.96. The topological polar surface area (TPSA) is 92.6 Å². The lowest BCUT2D eigenvalue weighted by atomic mass is 10.1. The number of carbonyl (C=O) groups excluding carboxylic acids is 1. The monoisotopic (exact) mass is 489 g/mol. The van der Waals surface area contributed by atoms with Gasteiger partial charge in [0.1, 0.15) is 5.82 Å². The molecule has 0 unspecified atom stereocenters. The molecule has 1 aliphatic heterocycles. The Hall–Kier alpha value is -4.56. The van der Waals surface area contributed by atoms with Crippen molar-refractivity contribution in [2.75, 3.05) is 31.9 Å². The molecule has 2 aromatic carbocycles. The van der Waals surface area contributed by atoms with Crippen LogP contribution in [0, 0.1) is 0 Å². The molecule has 1 aliphatic rings. The fourth-order valence-corrected chi connectivity index (χ4v) is 4.92. The SMILES string of the molecule is C=Cc1c(CN2CCN(C(=O)c3ccccc3)CC2)nc2c(-c3cnc4ccccc4c3)cnn2c1N. The fourth-order valence-electron chi connectivity index (χ4n) is 4.92. The number of rotatable bonds is 5. The van der Waals surface area contributed by atoms with Crippen molar-refractivity contribution in [3.05, 3.63) is 96.5 Å². The second-order valence-corrected chi connectivity index (χ2v) is 9.21. The van der Waals surface area contributed by atoms with Crippen LogP contribution in [0.5, 0.6) is 0 Å². The number of hydrogen-bond donors (Lipinski definition) is 1. The van der Waals surface area contributed by atoms with Crippen molar-refractivity contribution in [1.82, 2.24) is 29.4 Å². The van der Waals surface area contributed by atoms with Gasteiger partial charge in [-0.3, -0.25) is 14.7 Å². The maximum Gasteiger partial charge on any atom is 0.253 e. The molecular formula is C29H27N7O. The number of para-hydroxylation sites is 1. The third-order valence-corrected chi connectivity index (χ3v) is 6.96. The molecule has 8 heteroatoms. The summed E-state index contributed by atoms with van der Waals surface area (Å²) in [5.74, 6) is 0.580. The Morgan fingerprint density at radius 3 is 2.54 bits per heavy atom. The molecule has 8 nitrogen and oxygen atoms in total. The predicted molar refractivity (Wildman–Crippen MR) is 146 cm³/mol. The first kappa shape index (κ1) is 22.9. The molecule has 0 radical (unpaired) electrons. The van der Waals surface area contributed by atoms with Crippen LogP contribution in [-0.4, -0.2) is 61.5 Å². The number of piperazine rings is 1. The molecule has 184 valence electrons. The highest BCUT2D eigenvalue weighted by Crippen LogP contribution is 2.29. The zero-order valence-electron chi connectivity index (χ0n) is 20.4. The van der Waals surface area contributed by atoms with E-state index in [0.29, 0.717) is 31.1 Å². The minimum absolute atomic E-state index is 0.0729. The number of carbonyl (C=O) groups is 1. The minimum atomic E-state index is 0.0729. The quantitative estimate of drug-likeness (QED) is 0.399. The predicted octanol–water partition coefficient (Wildman–Crippen LogP) is 4.13. The van der Waals surface area contributed by atoms with E-state index in [-0.39, 0.29) is 5.91 Å². The molecule has 0 saturated carbocycles. The van der Waals surface area contributed by atoms with Gasteiger partial charge in [-0.1, -0.05) is 49.1 Å². The number of anilines is 1. The van der Waals surface area contributed by atoms with Gasteiger partial charge in [0.15, 0.2) is 5.65 Å². The number of nitrogens with zero attached hydrogens (tertiary/aromatic N) is 6. The molecule has 37 heavy (non-hydrogen) atoms. The van der Waals surface area contributed by atoms with Crippen molar-refractivity contribution in [2.45, 2.75) is 6.54 Å². The molecule has 5 aromatic rings. The van der Waals surface area contributed by atoms with Crippen LogP contribution in [0.3, 0.4) is 0 Å². The summed E-state index contributed by atoms with van der Waals surface area (Å²) >= 11 is 0. The van der Waals surface area contributed by atoms with E-state index in [9.17, 15) is 4.79 Å².